The summed E-state index contributed by atoms with van der Waals surface area (Å²) in [5.74, 6) is 1.34. The molecule has 4 rings (SSSR count). The summed E-state index contributed by atoms with van der Waals surface area (Å²) in [5, 5.41) is 5.83. The molecule has 2 saturated carbocycles. The van der Waals surface area contributed by atoms with E-state index in [-0.39, 0.29) is 36.2 Å². The van der Waals surface area contributed by atoms with Crippen LogP contribution in [0.15, 0.2) is 23.1 Å². The van der Waals surface area contributed by atoms with Crippen LogP contribution in [0.1, 0.15) is 19.3 Å². The van der Waals surface area contributed by atoms with Crippen molar-refractivity contribution in [1.29, 1.82) is 0 Å². The van der Waals surface area contributed by atoms with Gasteiger partial charge in [0.05, 0.1) is 17.4 Å². The van der Waals surface area contributed by atoms with E-state index in [0.717, 1.165) is 35.5 Å². The fraction of sp³-hybridized carbons (Fsp3) is 0.500. The monoisotopic (exact) mass is 353 g/mol. The average Bonchev–Trinajstić information content (AvgIpc) is 3.07. The number of carbonyl (C=O) groups is 2. The average molecular weight is 354 g/mol. The Bertz CT molecular complexity index is 652. The molecule has 0 radical (unpaired) electrons. The number of carbonyl (C=O) groups excluding carboxylic acids is 2. The zero-order valence-corrected chi connectivity index (χ0v) is 14.2. The quantitative estimate of drug-likeness (QED) is 0.762. The van der Waals surface area contributed by atoms with Crippen LogP contribution in [0.2, 0.25) is 0 Å². The Hall–Kier alpha value is -1.24. The van der Waals surface area contributed by atoms with E-state index in [1.807, 2.05) is 18.2 Å². The Morgan fingerprint density at radius 1 is 1.30 bits per heavy atom. The lowest BCUT2D eigenvalue weighted by Gasteiger charge is -2.27. The van der Waals surface area contributed by atoms with Gasteiger partial charge in [0.25, 0.3) is 0 Å². The van der Waals surface area contributed by atoms with Gasteiger partial charge in [0.1, 0.15) is 0 Å². The number of anilines is 2. The van der Waals surface area contributed by atoms with Gasteiger partial charge in [-0.05, 0) is 49.3 Å². The topological polar surface area (TPSA) is 84.2 Å². The van der Waals surface area contributed by atoms with E-state index in [4.69, 9.17) is 5.73 Å². The molecule has 0 saturated heterocycles. The molecule has 7 heteroatoms. The molecule has 4 unspecified atom stereocenters. The maximum absolute atomic E-state index is 12.6. The Balaban J connectivity index is 0.00000156. The van der Waals surface area contributed by atoms with E-state index in [1.54, 1.807) is 0 Å². The molecule has 1 aliphatic heterocycles. The fourth-order valence-electron chi connectivity index (χ4n) is 4.11. The number of halogens is 1. The van der Waals surface area contributed by atoms with E-state index < -0.39 is 0 Å². The molecular formula is C16H20ClN3O2S. The van der Waals surface area contributed by atoms with Gasteiger partial charge in [-0.25, -0.2) is 0 Å². The maximum atomic E-state index is 12.6. The summed E-state index contributed by atoms with van der Waals surface area (Å²) in [7, 11) is 0. The normalized spacial score (nSPS) is 31.1. The molecule has 0 aromatic heterocycles. The number of benzene rings is 1. The minimum atomic E-state index is -0.0706. The lowest BCUT2D eigenvalue weighted by molar-refractivity contribution is -0.121. The molecule has 3 aliphatic rings. The standard InChI is InChI=1S/C16H19N3O2S.ClH/c17-15-9-2-1-8(5-9)14(15)16(21)18-10-3-4-12-11(6-10)19-13(20)7-22-12;/h3-4,6,8-9,14-15H,1-2,5,7,17H2,(H,18,21)(H,19,20);1H. The second-order valence-electron chi connectivity index (χ2n) is 6.47. The first kappa shape index (κ1) is 16.6. The number of hydrogen-bond acceptors (Lipinski definition) is 4. The summed E-state index contributed by atoms with van der Waals surface area (Å²) in [5.41, 5.74) is 7.72. The zero-order valence-electron chi connectivity index (χ0n) is 12.6. The molecule has 4 atom stereocenters. The van der Waals surface area contributed by atoms with Crippen LogP contribution in [-0.2, 0) is 9.59 Å². The van der Waals surface area contributed by atoms with Crippen molar-refractivity contribution in [3.05, 3.63) is 18.2 Å². The van der Waals surface area contributed by atoms with Crippen LogP contribution in [0.3, 0.4) is 0 Å². The van der Waals surface area contributed by atoms with E-state index >= 15 is 0 Å². The van der Waals surface area contributed by atoms with E-state index in [1.165, 1.54) is 11.8 Å². The molecule has 124 valence electrons. The van der Waals surface area contributed by atoms with Crippen molar-refractivity contribution < 1.29 is 9.59 Å². The number of fused-ring (bicyclic) bond motifs is 3. The van der Waals surface area contributed by atoms with Gasteiger partial charge < -0.3 is 16.4 Å². The minimum Gasteiger partial charge on any atom is -0.327 e. The molecule has 1 aromatic rings. The molecule has 2 amide bonds. The lowest BCUT2D eigenvalue weighted by Crippen LogP contribution is -2.42. The van der Waals surface area contributed by atoms with Crippen molar-refractivity contribution in [2.45, 2.75) is 30.2 Å². The first-order valence-electron chi connectivity index (χ1n) is 7.75. The summed E-state index contributed by atoms with van der Waals surface area (Å²) in [6.45, 7) is 0. The minimum absolute atomic E-state index is 0. The lowest BCUT2D eigenvalue weighted by atomic mass is 9.84. The number of nitrogens with two attached hydrogens (primary N) is 1. The summed E-state index contributed by atoms with van der Waals surface area (Å²) < 4.78 is 0. The smallest absolute Gasteiger partial charge is 0.234 e. The van der Waals surface area contributed by atoms with Gasteiger partial charge in [0, 0.05) is 16.6 Å². The van der Waals surface area contributed by atoms with Gasteiger partial charge in [-0.2, -0.15) is 0 Å². The predicted octanol–water partition coefficient (Wildman–Crippen LogP) is 2.46. The number of rotatable bonds is 2. The van der Waals surface area contributed by atoms with Crippen molar-refractivity contribution in [1.82, 2.24) is 0 Å². The molecule has 2 bridgehead atoms. The molecule has 2 fully saturated rings. The molecule has 1 heterocycles. The molecule has 4 N–H and O–H groups in total. The van der Waals surface area contributed by atoms with E-state index in [2.05, 4.69) is 10.6 Å². The van der Waals surface area contributed by atoms with Gasteiger partial charge in [0.2, 0.25) is 11.8 Å². The largest absolute Gasteiger partial charge is 0.327 e. The van der Waals surface area contributed by atoms with Crippen LogP contribution in [0.25, 0.3) is 0 Å². The van der Waals surface area contributed by atoms with Crippen molar-refractivity contribution in [3.8, 4) is 0 Å². The predicted molar refractivity (Wildman–Crippen MR) is 94.0 cm³/mol. The molecule has 2 aliphatic carbocycles. The van der Waals surface area contributed by atoms with Crippen LogP contribution in [0.4, 0.5) is 11.4 Å². The number of thioether (sulfide) groups is 1. The first-order valence-corrected chi connectivity index (χ1v) is 8.73. The van der Waals surface area contributed by atoms with E-state index in [0.29, 0.717) is 17.6 Å². The van der Waals surface area contributed by atoms with Crippen LogP contribution < -0.4 is 16.4 Å². The molecule has 23 heavy (non-hydrogen) atoms. The molecule has 0 spiro atoms. The second kappa shape index (κ2) is 6.34. The highest BCUT2D eigenvalue weighted by Gasteiger charge is 2.49. The third-order valence-corrected chi connectivity index (χ3v) is 6.24. The van der Waals surface area contributed by atoms with Crippen molar-refractivity contribution >= 4 is 47.4 Å². The number of amides is 2. The van der Waals surface area contributed by atoms with Crippen molar-refractivity contribution in [2.24, 2.45) is 23.5 Å². The third kappa shape index (κ3) is 2.95. The Kier molecular flexibility index (Phi) is 4.58. The van der Waals surface area contributed by atoms with Crippen molar-refractivity contribution in [2.75, 3.05) is 16.4 Å². The summed E-state index contributed by atoms with van der Waals surface area (Å²) in [6, 6.07) is 5.65. The number of hydrogen-bond donors (Lipinski definition) is 3. The Morgan fingerprint density at radius 3 is 2.83 bits per heavy atom. The molecular weight excluding hydrogens is 334 g/mol. The third-order valence-electron chi connectivity index (χ3n) is 5.16. The van der Waals surface area contributed by atoms with Gasteiger partial charge in [-0.1, -0.05) is 0 Å². The highest BCUT2D eigenvalue weighted by molar-refractivity contribution is 8.00. The van der Waals surface area contributed by atoms with Gasteiger partial charge in [0.15, 0.2) is 0 Å². The fourth-order valence-corrected chi connectivity index (χ4v) is 4.90. The van der Waals surface area contributed by atoms with Crippen LogP contribution >= 0.6 is 24.2 Å². The Morgan fingerprint density at radius 2 is 2.09 bits per heavy atom. The van der Waals surface area contributed by atoms with Gasteiger partial charge in [-0.15, -0.1) is 24.2 Å². The second-order valence-corrected chi connectivity index (χ2v) is 7.49. The molecule has 5 nitrogen and oxygen atoms in total. The number of nitrogens with one attached hydrogen (secondary N) is 2. The molecule has 1 aromatic carbocycles. The SMILES string of the molecule is Cl.NC1C2CCC(C2)C1C(=O)Nc1ccc2c(c1)NC(=O)CS2. The first-order chi connectivity index (χ1) is 10.6. The van der Waals surface area contributed by atoms with Crippen molar-refractivity contribution in [3.63, 3.8) is 0 Å². The summed E-state index contributed by atoms with van der Waals surface area (Å²) in [6.07, 6.45) is 3.38. The summed E-state index contributed by atoms with van der Waals surface area (Å²) >= 11 is 1.52. The van der Waals surface area contributed by atoms with Gasteiger partial charge in [-0.3, -0.25) is 9.59 Å². The van der Waals surface area contributed by atoms with Gasteiger partial charge >= 0.3 is 0 Å². The summed E-state index contributed by atoms with van der Waals surface area (Å²) in [4.78, 5) is 25.1. The van der Waals surface area contributed by atoms with Crippen LogP contribution in [0, 0.1) is 17.8 Å². The van der Waals surface area contributed by atoms with Crippen LogP contribution in [-0.4, -0.2) is 23.6 Å². The van der Waals surface area contributed by atoms with Crippen LogP contribution in [0.5, 0.6) is 0 Å². The van der Waals surface area contributed by atoms with E-state index in [9.17, 15) is 9.59 Å². The Labute approximate surface area is 145 Å². The highest BCUT2D eigenvalue weighted by atomic mass is 35.5. The zero-order chi connectivity index (χ0) is 15.3. The highest BCUT2D eigenvalue weighted by Crippen LogP contribution is 2.48. The maximum Gasteiger partial charge on any atom is 0.234 e.